The van der Waals surface area contributed by atoms with Crippen molar-refractivity contribution < 1.29 is 19.0 Å². The fraction of sp³-hybridized carbons (Fsp3) is 0.462. The maximum atomic E-state index is 13.9. The Bertz CT molecular complexity index is 464. The highest BCUT2D eigenvalue weighted by molar-refractivity contribution is 5.83. The van der Waals surface area contributed by atoms with Gasteiger partial charge in [-0.3, -0.25) is 4.79 Å². The van der Waals surface area contributed by atoms with Gasteiger partial charge >= 0.3 is 5.97 Å². The Labute approximate surface area is 99.2 Å². The predicted octanol–water partition coefficient (Wildman–Crippen LogP) is 2.65. The van der Waals surface area contributed by atoms with E-state index in [4.69, 9.17) is 4.74 Å². The van der Waals surface area contributed by atoms with Crippen molar-refractivity contribution in [3.8, 4) is 5.75 Å². The molecule has 0 aromatic heterocycles. The van der Waals surface area contributed by atoms with Crippen LogP contribution in [0.1, 0.15) is 30.4 Å². The molecule has 1 aromatic carbocycles. The lowest BCUT2D eigenvalue weighted by Gasteiger charge is -2.39. The highest BCUT2D eigenvalue weighted by Crippen LogP contribution is 2.47. The van der Waals surface area contributed by atoms with E-state index in [9.17, 15) is 14.3 Å². The normalized spacial score (nSPS) is 17.4. The molecule has 1 saturated carbocycles. The second kappa shape index (κ2) is 4.02. The Morgan fingerprint density at radius 2 is 2.12 bits per heavy atom. The summed E-state index contributed by atoms with van der Waals surface area (Å²) in [7, 11) is 1.50. The number of halogens is 1. The minimum atomic E-state index is -1.05. The first kappa shape index (κ1) is 11.9. The van der Waals surface area contributed by atoms with Gasteiger partial charge in [-0.25, -0.2) is 4.39 Å². The van der Waals surface area contributed by atoms with Gasteiger partial charge in [-0.05, 0) is 37.5 Å². The van der Waals surface area contributed by atoms with Crippen molar-refractivity contribution in [3.05, 3.63) is 29.1 Å². The molecule has 3 nitrogen and oxygen atoms in total. The third-order valence-corrected chi connectivity index (χ3v) is 3.68. The molecule has 1 fully saturated rings. The number of hydrogen-bond donors (Lipinski definition) is 1. The van der Waals surface area contributed by atoms with Crippen LogP contribution in [0, 0.1) is 12.7 Å². The van der Waals surface area contributed by atoms with Gasteiger partial charge in [0.25, 0.3) is 0 Å². The van der Waals surface area contributed by atoms with Crippen LogP contribution in [-0.2, 0) is 10.2 Å². The fourth-order valence-corrected chi connectivity index (χ4v) is 2.57. The van der Waals surface area contributed by atoms with Gasteiger partial charge in [-0.2, -0.15) is 0 Å². The summed E-state index contributed by atoms with van der Waals surface area (Å²) in [4.78, 5) is 11.4. The number of carboxylic acids is 1. The molecule has 4 heteroatoms. The molecule has 0 saturated heterocycles. The van der Waals surface area contributed by atoms with Crippen LogP contribution in [0.2, 0.25) is 0 Å². The summed E-state index contributed by atoms with van der Waals surface area (Å²) in [5, 5.41) is 9.34. The smallest absolute Gasteiger partial charge is 0.314 e. The summed E-state index contributed by atoms with van der Waals surface area (Å²) in [6, 6.07) is 2.81. The average Bonchev–Trinajstić information content (AvgIpc) is 2.21. The van der Waals surface area contributed by atoms with E-state index in [-0.39, 0.29) is 5.56 Å². The van der Waals surface area contributed by atoms with E-state index in [0.717, 1.165) is 6.42 Å². The van der Waals surface area contributed by atoms with Crippen molar-refractivity contribution in [1.29, 1.82) is 0 Å². The highest BCUT2D eigenvalue weighted by atomic mass is 19.1. The summed E-state index contributed by atoms with van der Waals surface area (Å²) >= 11 is 0. The number of benzene rings is 1. The Morgan fingerprint density at radius 1 is 1.47 bits per heavy atom. The molecule has 0 atom stereocenters. The van der Waals surface area contributed by atoms with Crippen LogP contribution in [0.4, 0.5) is 4.39 Å². The van der Waals surface area contributed by atoms with Crippen molar-refractivity contribution in [1.82, 2.24) is 0 Å². The van der Waals surface area contributed by atoms with Crippen LogP contribution in [0.25, 0.3) is 0 Å². The monoisotopic (exact) mass is 238 g/mol. The van der Waals surface area contributed by atoms with Gasteiger partial charge in [0.15, 0.2) is 0 Å². The molecule has 0 unspecified atom stereocenters. The quantitative estimate of drug-likeness (QED) is 0.880. The van der Waals surface area contributed by atoms with Crippen molar-refractivity contribution in [2.24, 2.45) is 0 Å². The van der Waals surface area contributed by atoms with Crippen LogP contribution < -0.4 is 4.74 Å². The number of rotatable bonds is 3. The molecule has 92 valence electrons. The lowest BCUT2D eigenvalue weighted by atomic mass is 9.63. The Hall–Kier alpha value is -1.58. The molecule has 0 aliphatic heterocycles. The van der Waals surface area contributed by atoms with Gasteiger partial charge in [-0.1, -0.05) is 6.42 Å². The van der Waals surface area contributed by atoms with Gasteiger partial charge in [-0.15, -0.1) is 0 Å². The zero-order valence-electron chi connectivity index (χ0n) is 9.92. The van der Waals surface area contributed by atoms with Gasteiger partial charge in [0.1, 0.15) is 11.6 Å². The molecule has 1 aromatic rings. The van der Waals surface area contributed by atoms with E-state index < -0.39 is 17.2 Å². The molecule has 17 heavy (non-hydrogen) atoms. The van der Waals surface area contributed by atoms with Crippen LogP contribution in [0.15, 0.2) is 12.1 Å². The predicted molar refractivity (Wildman–Crippen MR) is 60.9 cm³/mol. The number of ether oxygens (including phenoxy) is 1. The Morgan fingerprint density at radius 3 is 2.53 bits per heavy atom. The SMILES string of the molecule is COc1ccc(F)c(C2(C(=O)O)CCC2)c1C. The summed E-state index contributed by atoms with van der Waals surface area (Å²) < 4.78 is 19.0. The molecular weight excluding hydrogens is 223 g/mol. The van der Waals surface area contributed by atoms with Crippen LogP contribution >= 0.6 is 0 Å². The van der Waals surface area contributed by atoms with Gasteiger partial charge in [0.2, 0.25) is 0 Å². The van der Waals surface area contributed by atoms with Crippen LogP contribution in [0.5, 0.6) is 5.75 Å². The third-order valence-electron chi connectivity index (χ3n) is 3.68. The zero-order valence-corrected chi connectivity index (χ0v) is 9.92. The average molecular weight is 238 g/mol. The second-order valence-corrected chi connectivity index (χ2v) is 4.49. The largest absolute Gasteiger partial charge is 0.496 e. The van der Waals surface area contributed by atoms with Crippen molar-refractivity contribution in [2.45, 2.75) is 31.6 Å². The molecule has 0 spiro atoms. The number of hydrogen-bond acceptors (Lipinski definition) is 2. The summed E-state index contributed by atoms with van der Waals surface area (Å²) in [6.45, 7) is 1.71. The van der Waals surface area contributed by atoms with Crippen molar-refractivity contribution in [3.63, 3.8) is 0 Å². The lowest BCUT2D eigenvalue weighted by Crippen LogP contribution is -2.43. The third kappa shape index (κ3) is 1.59. The molecule has 1 aliphatic rings. The van der Waals surface area contributed by atoms with Crippen molar-refractivity contribution >= 4 is 5.97 Å². The maximum Gasteiger partial charge on any atom is 0.314 e. The summed E-state index contributed by atoms with van der Waals surface area (Å²) in [5.74, 6) is -0.863. The first-order valence-corrected chi connectivity index (χ1v) is 5.60. The number of carbonyl (C=O) groups is 1. The standard InChI is InChI=1S/C13H15FO3/c1-8-10(17-2)5-4-9(14)11(8)13(12(15)16)6-3-7-13/h4-5H,3,6-7H2,1-2H3,(H,15,16). The minimum absolute atomic E-state index is 0.288. The zero-order chi connectivity index (χ0) is 12.6. The molecule has 1 aliphatic carbocycles. The van der Waals surface area contributed by atoms with E-state index >= 15 is 0 Å². The van der Waals surface area contributed by atoms with E-state index in [1.165, 1.54) is 19.2 Å². The van der Waals surface area contributed by atoms with E-state index in [1.807, 2.05) is 0 Å². The second-order valence-electron chi connectivity index (χ2n) is 4.49. The van der Waals surface area contributed by atoms with Crippen LogP contribution in [-0.4, -0.2) is 18.2 Å². The molecule has 0 bridgehead atoms. The highest BCUT2D eigenvalue weighted by Gasteiger charge is 2.48. The topological polar surface area (TPSA) is 46.5 Å². The lowest BCUT2D eigenvalue weighted by molar-refractivity contribution is -0.147. The fourth-order valence-electron chi connectivity index (χ4n) is 2.57. The molecule has 2 rings (SSSR count). The Kier molecular flexibility index (Phi) is 2.81. The maximum absolute atomic E-state index is 13.9. The van der Waals surface area contributed by atoms with Crippen LogP contribution in [0.3, 0.4) is 0 Å². The molecule has 1 N–H and O–H groups in total. The first-order chi connectivity index (χ1) is 8.03. The van der Waals surface area contributed by atoms with Crippen molar-refractivity contribution in [2.75, 3.05) is 7.11 Å². The van der Waals surface area contributed by atoms with Gasteiger partial charge in [0.05, 0.1) is 12.5 Å². The molecule has 0 heterocycles. The molecule has 0 amide bonds. The number of methoxy groups -OCH3 is 1. The van der Waals surface area contributed by atoms with E-state index in [0.29, 0.717) is 24.2 Å². The van der Waals surface area contributed by atoms with E-state index in [2.05, 4.69) is 0 Å². The molecule has 0 radical (unpaired) electrons. The number of aliphatic carboxylic acids is 1. The summed E-state index contributed by atoms with van der Waals surface area (Å²) in [5.41, 5.74) is -0.173. The van der Waals surface area contributed by atoms with Gasteiger partial charge in [0, 0.05) is 5.56 Å². The minimum Gasteiger partial charge on any atom is -0.496 e. The Balaban J connectivity index is 2.61. The molecular formula is C13H15FO3. The van der Waals surface area contributed by atoms with E-state index in [1.54, 1.807) is 6.92 Å². The number of carboxylic acid groups (broad SMARTS) is 1. The van der Waals surface area contributed by atoms with Gasteiger partial charge < -0.3 is 9.84 Å². The summed E-state index contributed by atoms with van der Waals surface area (Å²) in [6.07, 6.45) is 1.81. The first-order valence-electron chi connectivity index (χ1n) is 5.60.